The first kappa shape index (κ1) is 25.3. The Morgan fingerprint density at radius 2 is 1.74 bits per heavy atom. The highest BCUT2D eigenvalue weighted by atomic mass is 16.5. The molecule has 0 fully saturated rings. The Balaban J connectivity index is 1.91. The van der Waals surface area contributed by atoms with Crippen molar-refractivity contribution in [3.05, 3.63) is 88.8 Å². The summed E-state index contributed by atoms with van der Waals surface area (Å²) in [6, 6.07) is 20.3. The standard InChI is InChI=1S/C28H29N3O4/c1-6-34-25-14-12-24(13-15-25)31-19(2)16-22(20(31)3)17-23(18-29)28(33)35-26(27(32)30(4)5)21-10-8-7-9-11-21/h7-17,26H,6H2,1-5H3. The second-order valence-electron chi connectivity index (χ2n) is 8.19. The monoisotopic (exact) mass is 471 g/mol. The van der Waals surface area contributed by atoms with Gasteiger partial charge in [0.05, 0.1) is 6.61 Å². The molecule has 0 saturated heterocycles. The van der Waals surface area contributed by atoms with E-state index in [0.717, 1.165) is 22.8 Å². The molecular weight excluding hydrogens is 442 g/mol. The number of carbonyl (C=O) groups excluding carboxylic acids is 2. The molecule has 0 bridgehead atoms. The van der Waals surface area contributed by atoms with Crippen LogP contribution in [0, 0.1) is 25.2 Å². The predicted octanol–water partition coefficient (Wildman–Crippen LogP) is 4.77. The number of amides is 1. The van der Waals surface area contributed by atoms with E-state index in [9.17, 15) is 14.9 Å². The third-order valence-corrected chi connectivity index (χ3v) is 5.51. The van der Waals surface area contributed by atoms with Gasteiger partial charge in [-0.1, -0.05) is 30.3 Å². The quantitative estimate of drug-likeness (QED) is 0.268. The molecule has 3 rings (SSSR count). The van der Waals surface area contributed by atoms with Crippen molar-refractivity contribution in [2.45, 2.75) is 26.9 Å². The molecule has 7 heteroatoms. The molecule has 0 spiro atoms. The fourth-order valence-electron chi connectivity index (χ4n) is 3.78. The molecule has 0 aliphatic carbocycles. The number of ether oxygens (including phenoxy) is 2. The van der Waals surface area contributed by atoms with E-state index in [4.69, 9.17) is 9.47 Å². The van der Waals surface area contributed by atoms with Gasteiger partial charge >= 0.3 is 5.97 Å². The fourth-order valence-corrected chi connectivity index (χ4v) is 3.78. The topological polar surface area (TPSA) is 84.6 Å². The highest BCUT2D eigenvalue weighted by Crippen LogP contribution is 2.26. The number of rotatable bonds is 8. The summed E-state index contributed by atoms with van der Waals surface area (Å²) >= 11 is 0. The molecule has 1 unspecified atom stereocenters. The molecule has 0 aliphatic rings. The summed E-state index contributed by atoms with van der Waals surface area (Å²) in [5.74, 6) is -0.466. The van der Waals surface area contributed by atoms with E-state index in [0.29, 0.717) is 17.7 Å². The van der Waals surface area contributed by atoms with Crippen LogP contribution in [0.2, 0.25) is 0 Å². The van der Waals surface area contributed by atoms with Crippen LogP contribution in [-0.2, 0) is 14.3 Å². The van der Waals surface area contributed by atoms with Gasteiger partial charge in [-0.15, -0.1) is 0 Å². The summed E-state index contributed by atoms with van der Waals surface area (Å²) in [6.07, 6.45) is 0.351. The van der Waals surface area contributed by atoms with Gasteiger partial charge in [-0.3, -0.25) is 4.79 Å². The third kappa shape index (κ3) is 5.79. The largest absolute Gasteiger partial charge is 0.494 e. The number of nitriles is 1. The van der Waals surface area contributed by atoms with Crippen LogP contribution in [0.1, 0.15) is 35.5 Å². The van der Waals surface area contributed by atoms with E-state index in [-0.39, 0.29) is 5.57 Å². The molecule has 35 heavy (non-hydrogen) atoms. The van der Waals surface area contributed by atoms with Crippen molar-refractivity contribution >= 4 is 18.0 Å². The molecule has 3 aromatic rings. The average molecular weight is 472 g/mol. The van der Waals surface area contributed by atoms with Crippen LogP contribution < -0.4 is 4.74 Å². The van der Waals surface area contributed by atoms with Crippen molar-refractivity contribution in [1.29, 1.82) is 5.26 Å². The molecule has 1 amide bonds. The number of benzene rings is 2. The smallest absolute Gasteiger partial charge is 0.350 e. The Kier molecular flexibility index (Phi) is 8.11. The van der Waals surface area contributed by atoms with E-state index >= 15 is 0 Å². The summed E-state index contributed by atoms with van der Waals surface area (Å²) in [6.45, 7) is 6.39. The lowest BCUT2D eigenvalue weighted by molar-refractivity contribution is -0.156. The maximum atomic E-state index is 13.0. The minimum atomic E-state index is -1.15. The molecule has 7 nitrogen and oxygen atoms in total. The Morgan fingerprint density at radius 1 is 1.09 bits per heavy atom. The fraction of sp³-hybridized carbons (Fsp3) is 0.250. The number of aromatic nitrogens is 1. The number of likely N-dealkylation sites (N-methyl/N-ethyl adjacent to an activating group) is 1. The van der Waals surface area contributed by atoms with Gasteiger partial charge < -0.3 is 18.9 Å². The maximum Gasteiger partial charge on any atom is 0.350 e. The van der Waals surface area contributed by atoms with Crippen molar-refractivity contribution in [3.63, 3.8) is 0 Å². The SMILES string of the molecule is CCOc1ccc(-n2c(C)cc(C=C(C#N)C(=O)OC(C(=O)N(C)C)c3ccccc3)c2C)cc1. The van der Waals surface area contributed by atoms with Gasteiger partial charge in [0.2, 0.25) is 6.10 Å². The molecule has 2 aromatic carbocycles. The highest BCUT2D eigenvalue weighted by Gasteiger charge is 2.28. The van der Waals surface area contributed by atoms with Crippen LogP contribution in [-0.4, -0.2) is 42.0 Å². The molecular formula is C28H29N3O4. The molecule has 0 N–H and O–H groups in total. The number of nitrogens with zero attached hydrogens (tertiary/aromatic N) is 3. The zero-order valence-corrected chi connectivity index (χ0v) is 20.6. The van der Waals surface area contributed by atoms with Gasteiger partial charge in [-0.05, 0) is 62.7 Å². The van der Waals surface area contributed by atoms with Crippen LogP contribution in [0.15, 0.2) is 66.2 Å². The van der Waals surface area contributed by atoms with Crippen molar-refractivity contribution in [3.8, 4) is 17.5 Å². The van der Waals surface area contributed by atoms with Gasteiger partial charge in [-0.25, -0.2) is 4.79 Å². The van der Waals surface area contributed by atoms with Gasteiger partial charge in [0.25, 0.3) is 5.91 Å². The van der Waals surface area contributed by atoms with Crippen LogP contribution in [0.4, 0.5) is 0 Å². The molecule has 0 saturated carbocycles. The van der Waals surface area contributed by atoms with Crippen LogP contribution in [0.25, 0.3) is 11.8 Å². The van der Waals surface area contributed by atoms with Crippen LogP contribution >= 0.6 is 0 Å². The van der Waals surface area contributed by atoms with Gasteiger partial charge in [0.1, 0.15) is 17.4 Å². The van der Waals surface area contributed by atoms with Crippen molar-refractivity contribution in [1.82, 2.24) is 9.47 Å². The minimum Gasteiger partial charge on any atom is -0.494 e. The summed E-state index contributed by atoms with van der Waals surface area (Å²) in [5.41, 5.74) is 3.78. The Hall–Kier alpha value is -4.31. The van der Waals surface area contributed by atoms with Gasteiger partial charge in [-0.2, -0.15) is 5.26 Å². The van der Waals surface area contributed by atoms with Crippen molar-refractivity contribution in [2.75, 3.05) is 20.7 Å². The Bertz CT molecular complexity index is 1270. The Morgan fingerprint density at radius 3 is 2.31 bits per heavy atom. The van der Waals surface area contributed by atoms with Gasteiger partial charge in [0, 0.05) is 36.7 Å². The lowest BCUT2D eigenvalue weighted by atomic mass is 10.1. The molecule has 1 aromatic heterocycles. The number of carbonyl (C=O) groups is 2. The number of hydrogen-bond acceptors (Lipinski definition) is 5. The first-order chi connectivity index (χ1) is 16.8. The molecule has 1 atom stereocenters. The van der Waals surface area contributed by atoms with Crippen LogP contribution in [0.5, 0.6) is 5.75 Å². The third-order valence-electron chi connectivity index (χ3n) is 5.51. The van der Waals surface area contributed by atoms with E-state index in [1.807, 2.05) is 67.8 Å². The maximum absolute atomic E-state index is 13.0. The number of aryl methyl sites for hydroxylation is 1. The first-order valence-electron chi connectivity index (χ1n) is 11.3. The molecule has 0 aliphatic heterocycles. The summed E-state index contributed by atoms with van der Waals surface area (Å²) in [7, 11) is 3.17. The predicted molar refractivity (Wildman–Crippen MR) is 134 cm³/mol. The van der Waals surface area contributed by atoms with E-state index in [1.54, 1.807) is 38.4 Å². The summed E-state index contributed by atoms with van der Waals surface area (Å²) in [4.78, 5) is 27.0. The molecule has 180 valence electrons. The van der Waals surface area contributed by atoms with E-state index < -0.39 is 18.0 Å². The molecule has 1 heterocycles. The zero-order valence-electron chi connectivity index (χ0n) is 20.6. The lowest BCUT2D eigenvalue weighted by Crippen LogP contribution is -2.31. The second-order valence-corrected chi connectivity index (χ2v) is 8.19. The van der Waals surface area contributed by atoms with Crippen LogP contribution in [0.3, 0.4) is 0 Å². The molecule has 0 radical (unpaired) electrons. The highest BCUT2D eigenvalue weighted by molar-refractivity contribution is 5.99. The number of esters is 1. The normalized spacial score (nSPS) is 11.9. The average Bonchev–Trinajstić information content (AvgIpc) is 3.14. The van der Waals surface area contributed by atoms with E-state index in [2.05, 4.69) is 0 Å². The summed E-state index contributed by atoms with van der Waals surface area (Å²) in [5, 5.41) is 9.72. The summed E-state index contributed by atoms with van der Waals surface area (Å²) < 4.78 is 13.1. The lowest BCUT2D eigenvalue weighted by Gasteiger charge is -2.21. The minimum absolute atomic E-state index is 0.190. The van der Waals surface area contributed by atoms with Crippen molar-refractivity contribution in [2.24, 2.45) is 0 Å². The van der Waals surface area contributed by atoms with Crippen molar-refractivity contribution < 1.29 is 19.1 Å². The first-order valence-corrected chi connectivity index (χ1v) is 11.3. The van der Waals surface area contributed by atoms with Gasteiger partial charge in [0.15, 0.2) is 0 Å². The number of hydrogen-bond donors (Lipinski definition) is 0. The zero-order chi connectivity index (χ0) is 25.5. The van der Waals surface area contributed by atoms with E-state index in [1.165, 1.54) is 11.0 Å². The Labute approximate surface area is 205 Å². The second kappa shape index (κ2) is 11.2.